The van der Waals surface area contributed by atoms with Crippen LogP contribution >= 0.6 is 0 Å². The van der Waals surface area contributed by atoms with Crippen LogP contribution in [0.4, 0.5) is 0 Å². The van der Waals surface area contributed by atoms with E-state index >= 15 is 0 Å². The highest BCUT2D eigenvalue weighted by Crippen LogP contribution is 2.36. The van der Waals surface area contributed by atoms with Crippen LogP contribution in [0.25, 0.3) is 0 Å². The molecule has 2 rings (SSSR count). The van der Waals surface area contributed by atoms with Crippen LogP contribution in [0.15, 0.2) is 54.6 Å². The average Bonchev–Trinajstić information content (AvgIpc) is 3.06. The van der Waals surface area contributed by atoms with Crippen LogP contribution in [0.1, 0.15) is 51.0 Å². The molecule has 0 saturated heterocycles. The van der Waals surface area contributed by atoms with Gasteiger partial charge in [-0.05, 0) is 50.5 Å². The average molecular weight is 458 g/mol. The van der Waals surface area contributed by atoms with E-state index in [2.05, 4.69) is 5.32 Å². The predicted molar refractivity (Wildman–Crippen MR) is 126 cm³/mol. The van der Waals surface area contributed by atoms with Gasteiger partial charge in [0.1, 0.15) is 0 Å². The predicted octanol–water partition coefficient (Wildman–Crippen LogP) is 0.388. The minimum absolute atomic E-state index is 0.0581. The van der Waals surface area contributed by atoms with Gasteiger partial charge in [0, 0.05) is 25.3 Å². The Labute approximate surface area is 198 Å². The minimum Gasteiger partial charge on any atom is -0.900 e. The van der Waals surface area contributed by atoms with Crippen LogP contribution in [-0.2, 0) is 11.2 Å². The van der Waals surface area contributed by atoms with Crippen molar-refractivity contribution in [1.82, 2.24) is 5.32 Å². The lowest BCUT2D eigenvalue weighted by Gasteiger charge is -2.19. The molecule has 1 aromatic rings. The van der Waals surface area contributed by atoms with Crippen molar-refractivity contribution in [2.75, 3.05) is 6.54 Å². The van der Waals surface area contributed by atoms with Crippen molar-refractivity contribution in [2.45, 2.75) is 70.2 Å². The summed E-state index contributed by atoms with van der Waals surface area (Å²) in [4.78, 5) is 11.4. The molecule has 5 atom stereocenters. The highest BCUT2D eigenvalue weighted by atomic mass is 16.4. The van der Waals surface area contributed by atoms with E-state index in [1.165, 1.54) is 5.56 Å². The smallest absolute Gasteiger partial charge is 0.219 e. The van der Waals surface area contributed by atoms with Crippen molar-refractivity contribution in [1.29, 1.82) is 0 Å². The first-order valence-electron chi connectivity index (χ1n) is 11.7. The summed E-state index contributed by atoms with van der Waals surface area (Å²) in [5.74, 6) is -0.139. The van der Waals surface area contributed by atoms with Gasteiger partial charge >= 0.3 is 0 Å². The molecule has 8 heteroatoms. The van der Waals surface area contributed by atoms with E-state index in [1.807, 2.05) is 55.5 Å². The molecule has 0 heterocycles. The largest absolute Gasteiger partial charge is 0.900 e. The number of hydrogen-bond acceptors (Lipinski definition) is 6. The van der Waals surface area contributed by atoms with Gasteiger partial charge in [-0.3, -0.25) is 4.79 Å². The number of carbonyl (C=O) groups is 1. The molecule has 0 aromatic heterocycles. The number of unbranched alkanes of at least 4 members (excludes halogenated alkanes) is 1. The van der Waals surface area contributed by atoms with Gasteiger partial charge in [0.25, 0.3) is 0 Å². The second kappa shape index (κ2) is 17.5. The molecule has 1 aliphatic carbocycles. The van der Waals surface area contributed by atoms with E-state index in [9.17, 15) is 20.1 Å². The van der Waals surface area contributed by atoms with Crippen LogP contribution in [0.2, 0.25) is 0 Å². The number of amides is 1. The van der Waals surface area contributed by atoms with Crippen molar-refractivity contribution in [3.8, 4) is 0 Å². The monoisotopic (exact) mass is 458 g/mol. The summed E-state index contributed by atoms with van der Waals surface area (Å²) < 4.78 is 0. The molecule has 1 saturated carbocycles. The lowest BCUT2D eigenvalue weighted by molar-refractivity contribution is -0.328. The number of hydrogen-bond donors (Lipinski definition) is 4. The fourth-order valence-electron chi connectivity index (χ4n) is 4.06. The molecule has 0 aliphatic heterocycles. The second-order valence-electron chi connectivity index (χ2n) is 8.24. The topological polar surface area (TPSA) is 136 Å². The zero-order valence-corrected chi connectivity index (χ0v) is 19.4. The summed E-state index contributed by atoms with van der Waals surface area (Å²) in [6.07, 6.45) is 10.6. The molecule has 7 nitrogen and oxygen atoms in total. The van der Waals surface area contributed by atoms with Gasteiger partial charge < -0.3 is 30.7 Å². The number of benzene rings is 1. The van der Waals surface area contributed by atoms with Crippen LogP contribution in [-0.4, -0.2) is 53.8 Å². The van der Waals surface area contributed by atoms with Gasteiger partial charge in [0.2, 0.25) is 5.91 Å². The standard InChI is InChI=1S/C25H37NO4.BO2/c1-2-26-25(30)13-9-4-3-8-12-21-22(24(29)18-23(21)28)17-16-20(27)15-14-19-10-6-5-7-11-19;2-1-3/h3,5-8,10-11,16-17,20-24,27-29H,2,4,9,12-15,18H2,1H3,(H,26,30);/q;-2/b8-3-,17-16+;/t20-,21+,22+,23-,24+;/m0./s1. The number of rotatable bonds is 12. The summed E-state index contributed by atoms with van der Waals surface area (Å²) in [6.45, 7) is 2.57. The second-order valence-corrected chi connectivity index (χ2v) is 8.24. The van der Waals surface area contributed by atoms with Crippen LogP contribution in [0, 0.1) is 11.8 Å². The van der Waals surface area contributed by atoms with Gasteiger partial charge in [-0.2, -0.15) is 0 Å². The number of nitrogens with one attached hydrogen (secondary N) is 1. The quantitative estimate of drug-likeness (QED) is 0.203. The number of aliphatic hydroxyl groups excluding tert-OH is 3. The summed E-state index contributed by atoms with van der Waals surface area (Å²) in [6, 6.07) is 10.1. The van der Waals surface area contributed by atoms with Crippen molar-refractivity contribution < 1.29 is 30.2 Å². The summed E-state index contributed by atoms with van der Waals surface area (Å²) in [5.41, 5.74) is 1.19. The Balaban J connectivity index is 0.00000172. The maximum Gasteiger partial charge on any atom is 0.219 e. The molecule has 183 valence electrons. The summed E-state index contributed by atoms with van der Waals surface area (Å²) >= 11 is 0. The van der Waals surface area contributed by atoms with Crippen LogP contribution in [0.5, 0.6) is 0 Å². The molecule has 1 aliphatic rings. The maximum atomic E-state index is 11.4. The molecular formula is C25H37BNO6-2. The van der Waals surface area contributed by atoms with Gasteiger partial charge in [0.05, 0.1) is 18.3 Å². The highest BCUT2D eigenvalue weighted by Gasteiger charge is 2.39. The number of aryl methyl sites for hydroxylation is 1. The molecule has 4 N–H and O–H groups in total. The van der Waals surface area contributed by atoms with E-state index in [-0.39, 0.29) is 17.7 Å². The zero-order valence-electron chi connectivity index (χ0n) is 19.4. The van der Waals surface area contributed by atoms with Crippen molar-refractivity contribution in [3.63, 3.8) is 0 Å². The highest BCUT2D eigenvalue weighted by molar-refractivity contribution is 6.08. The van der Waals surface area contributed by atoms with Gasteiger partial charge in [0.15, 0.2) is 0 Å². The SMILES string of the molecule is CCNC(=O)CCC/C=C\C[C@@H]1[C@@H](/C=C/[C@@H](O)CCc2ccccc2)[C@H](O)C[C@@H]1O.[O-][B][O-]. The maximum absolute atomic E-state index is 11.4. The molecule has 1 aromatic carbocycles. The van der Waals surface area contributed by atoms with Crippen LogP contribution < -0.4 is 15.4 Å². The normalized spacial score (nSPS) is 23.3. The molecule has 1 radical (unpaired) electrons. The molecule has 0 bridgehead atoms. The first-order valence-corrected chi connectivity index (χ1v) is 11.7. The third kappa shape index (κ3) is 12.2. The Morgan fingerprint density at radius 1 is 1.21 bits per heavy atom. The Morgan fingerprint density at radius 2 is 1.91 bits per heavy atom. The molecule has 0 unspecified atom stereocenters. The summed E-state index contributed by atoms with van der Waals surface area (Å²) in [7, 11) is -0.500. The molecule has 1 amide bonds. The fraction of sp³-hybridized carbons (Fsp3) is 0.560. The van der Waals surface area contributed by atoms with E-state index < -0.39 is 26.0 Å². The third-order valence-electron chi connectivity index (χ3n) is 5.77. The van der Waals surface area contributed by atoms with Gasteiger partial charge in [-0.25, -0.2) is 7.69 Å². The fourth-order valence-corrected chi connectivity index (χ4v) is 4.06. The summed E-state index contributed by atoms with van der Waals surface area (Å²) in [5, 5.41) is 50.3. The molecular weight excluding hydrogens is 421 g/mol. The number of allylic oxidation sites excluding steroid dienone is 2. The van der Waals surface area contributed by atoms with Crippen molar-refractivity contribution >= 4 is 13.6 Å². The zero-order chi connectivity index (χ0) is 24.5. The Kier molecular flexibility index (Phi) is 15.4. The Morgan fingerprint density at radius 3 is 2.58 bits per heavy atom. The van der Waals surface area contributed by atoms with E-state index in [0.29, 0.717) is 32.2 Å². The molecule has 33 heavy (non-hydrogen) atoms. The molecule has 0 spiro atoms. The van der Waals surface area contributed by atoms with Crippen molar-refractivity contribution in [3.05, 3.63) is 60.2 Å². The van der Waals surface area contributed by atoms with E-state index in [1.54, 1.807) is 6.08 Å². The lowest BCUT2D eigenvalue weighted by atomic mass is 9.89. The first-order chi connectivity index (χ1) is 15.9. The lowest BCUT2D eigenvalue weighted by Crippen LogP contribution is -2.26. The molecule has 1 fully saturated rings. The van der Waals surface area contributed by atoms with Crippen LogP contribution in [0.3, 0.4) is 0 Å². The van der Waals surface area contributed by atoms with Gasteiger partial charge in [-0.15, -0.1) is 0 Å². The van der Waals surface area contributed by atoms with E-state index in [0.717, 1.165) is 19.3 Å². The Hall–Kier alpha value is -1.97. The van der Waals surface area contributed by atoms with Gasteiger partial charge in [-0.1, -0.05) is 54.6 Å². The number of carbonyl (C=O) groups excluding carboxylic acids is 1. The Bertz CT molecular complexity index is 699. The third-order valence-corrected chi connectivity index (χ3v) is 5.77. The number of aliphatic hydroxyl groups is 3. The van der Waals surface area contributed by atoms with E-state index in [4.69, 9.17) is 10.0 Å². The first kappa shape index (κ1) is 29.1. The minimum atomic E-state index is -0.589. The van der Waals surface area contributed by atoms with Crippen molar-refractivity contribution in [2.24, 2.45) is 11.8 Å².